The molecule has 0 bridgehead atoms. The molecule has 4 nitrogen and oxygen atoms in total. The Labute approximate surface area is 161 Å². The second kappa shape index (κ2) is 9.93. The minimum Gasteiger partial charge on any atom is -0.487 e. The molecule has 2 N–H and O–H groups in total. The average Bonchev–Trinajstić information content (AvgIpc) is 2.62. The van der Waals surface area contributed by atoms with E-state index in [0.29, 0.717) is 11.3 Å². The van der Waals surface area contributed by atoms with Gasteiger partial charge in [-0.3, -0.25) is 0 Å². The number of carboxylic acids is 1. The fraction of sp³-hybridized carbons (Fsp3) is 0.348. The molecule has 0 aliphatic carbocycles. The molecule has 0 saturated carbocycles. The van der Waals surface area contributed by atoms with Crippen LogP contribution < -0.4 is 5.32 Å². The Balaban J connectivity index is 2.11. The van der Waals surface area contributed by atoms with Crippen LogP contribution in [0.1, 0.15) is 49.0 Å². The molecular weight excluding hydrogens is 338 g/mol. The normalized spacial score (nSPS) is 17.3. The van der Waals surface area contributed by atoms with Gasteiger partial charge in [0.25, 0.3) is 0 Å². The number of aromatic carboxylic acids is 1. The number of ether oxygens (including phenoxy) is 1. The van der Waals surface area contributed by atoms with Crippen molar-refractivity contribution in [2.24, 2.45) is 0 Å². The van der Waals surface area contributed by atoms with Gasteiger partial charge in [-0.05, 0) is 63.6 Å². The standard InChI is InChI=1S/C23H29NO3/c1-4-5-6-7-19(3)27-23(12-14-24-15-13-23)17-18(2)16-20-8-10-21(11-9-20)22(25)26/h4-11,16,24H,3,12-15,17H2,1-2H3,(H,25,26)/b5-4-,7-6-,18-16-. The summed E-state index contributed by atoms with van der Waals surface area (Å²) in [5.41, 5.74) is 2.23. The van der Waals surface area contributed by atoms with Gasteiger partial charge >= 0.3 is 5.97 Å². The number of allylic oxidation sites excluding steroid dienone is 4. The molecule has 1 aliphatic rings. The highest BCUT2D eigenvalue weighted by molar-refractivity contribution is 5.87. The molecule has 2 rings (SSSR count). The largest absolute Gasteiger partial charge is 0.487 e. The molecule has 0 aromatic heterocycles. The van der Waals surface area contributed by atoms with Gasteiger partial charge in [0.15, 0.2) is 0 Å². The molecule has 144 valence electrons. The number of benzene rings is 1. The molecule has 0 radical (unpaired) electrons. The van der Waals surface area contributed by atoms with Gasteiger partial charge in [-0.1, -0.05) is 48.6 Å². The van der Waals surface area contributed by atoms with Crippen LogP contribution in [0.2, 0.25) is 0 Å². The Hall–Kier alpha value is -2.59. The number of carbonyl (C=O) groups is 1. The van der Waals surface area contributed by atoms with Crippen LogP contribution in [0.15, 0.2) is 66.5 Å². The smallest absolute Gasteiger partial charge is 0.335 e. The van der Waals surface area contributed by atoms with Crippen molar-refractivity contribution in [3.8, 4) is 0 Å². The molecule has 0 spiro atoms. The van der Waals surface area contributed by atoms with E-state index in [1.54, 1.807) is 12.1 Å². The van der Waals surface area contributed by atoms with Gasteiger partial charge < -0.3 is 15.2 Å². The molecule has 1 aromatic rings. The zero-order chi connectivity index (χ0) is 19.7. The van der Waals surface area contributed by atoms with Crippen molar-refractivity contribution < 1.29 is 14.6 Å². The highest BCUT2D eigenvalue weighted by atomic mass is 16.5. The van der Waals surface area contributed by atoms with E-state index in [0.717, 1.165) is 37.9 Å². The van der Waals surface area contributed by atoms with Gasteiger partial charge in [-0.15, -0.1) is 0 Å². The molecule has 4 heteroatoms. The Kier molecular flexibility index (Phi) is 7.62. The van der Waals surface area contributed by atoms with Crippen LogP contribution in [0, 0.1) is 0 Å². The van der Waals surface area contributed by atoms with E-state index in [1.807, 2.05) is 43.4 Å². The van der Waals surface area contributed by atoms with E-state index in [9.17, 15) is 4.79 Å². The predicted molar refractivity (Wildman–Crippen MR) is 111 cm³/mol. The molecule has 0 atom stereocenters. The van der Waals surface area contributed by atoms with Gasteiger partial charge in [-0.2, -0.15) is 0 Å². The summed E-state index contributed by atoms with van der Waals surface area (Å²) in [4.78, 5) is 11.0. The number of hydrogen-bond acceptors (Lipinski definition) is 3. The summed E-state index contributed by atoms with van der Waals surface area (Å²) in [6.07, 6.45) is 12.5. The van der Waals surface area contributed by atoms with Crippen LogP contribution in [0.3, 0.4) is 0 Å². The van der Waals surface area contributed by atoms with E-state index in [1.165, 1.54) is 5.57 Å². The van der Waals surface area contributed by atoms with Crippen molar-refractivity contribution in [2.45, 2.75) is 38.7 Å². The number of rotatable bonds is 8. The van der Waals surface area contributed by atoms with Crippen molar-refractivity contribution in [2.75, 3.05) is 13.1 Å². The third kappa shape index (κ3) is 6.57. The molecule has 0 amide bonds. The number of nitrogens with one attached hydrogen (secondary N) is 1. The molecule has 1 aromatic carbocycles. The first kappa shape index (κ1) is 20.7. The third-order valence-electron chi connectivity index (χ3n) is 4.62. The number of piperidine rings is 1. The summed E-state index contributed by atoms with van der Waals surface area (Å²) in [6, 6.07) is 6.93. The fourth-order valence-electron chi connectivity index (χ4n) is 3.35. The van der Waals surface area contributed by atoms with Crippen molar-refractivity contribution in [3.05, 3.63) is 77.6 Å². The number of carboxylic acid groups (broad SMARTS) is 1. The topological polar surface area (TPSA) is 58.6 Å². The van der Waals surface area contributed by atoms with Gasteiger partial charge in [0, 0.05) is 6.42 Å². The van der Waals surface area contributed by atoms with E-state index in [4.69, 9.17) is 9.84 Å². The number of hydrogen-bond donors (Lipinski definition) is 2. The maximum absolute atomic E-state index is 11.0. The van der Waals surface area contributed by atoms with Crippen LogP contribution in [-0.4, -0.2) is 29.8 Å². The minimum absolute atomic E-state index is 0.260. The fourth-order valence-corrected chi connectivity index (χ4v) is 3.35. The van der Waals surface area contributed by atoms with Gasteiger partial charge in [0.2, 0.25) is 0 Å². The first-order valence-corrected chi connectivity index (χ1v) is 9.33. The van der Waals surface area contributed by atoms with Crippen molar-refractivity contribution in [1.29, 1.82) is 0 Å². The Bertz CT molecular complexity index is 735. The minimum atomic E-state index is -0.909. The lowest BCUT2D eigenvalue weighted by atomic mass is 9.85. The SMILES string of the molecule is C=C(/C=C\C=C/C)OC1(C/C(C)=C\c2ccc(C(=O)O)cc2)CCNCC1. The summed E-state index contributed by atoms with van der Waals surface area (Å²) in [5, 5.41) is 12.4. The molecule has 1 aliphatic heterocycles. The summed E-state index contributed by atoms with van der Waals surface area (Å²) >= 11 is 0. The highest BCUT2D eigenvalue weighted by Crippen LogP contribution is 2.33. The second-order valence-corrected chi connectivity index (χ2v) is 6.98. The quantitative estimate of drug-likeness (QED) is 0.503. The van der Waals surface area contributed by atoms with Crippen molar-refractivity contribution in [1.82, 2.24) is 5.32 Å². The molecule has 1 saturated heterocycles. The Morgan fingerprint density at radius 2 is 1.93 bits per heavy atom. The monoisotopic (exact) mass is 367 g/mol. The van der Waals surface area contributed by atoms with Gasteiger partial charge in [-0.25, -0.2) is 4.79 Å². The zero-order valence-corrected chi connectivity index (χ0v) is 16.2. The van der Waals surface area contributed by atoms with Crippen molar-refractivity contribution in [3.63, 3.8) is 0 Å². The summed E-state index contributed by atoms with van der Waals surface area (Å²) in [5.74, 6) is -0.234. The average molecular weight is 367 g/mol. The van der Waals surface area contributed by atoms with E-state index in [2.05, 4.69) is 24.9 Å². The van der Waals surface area contributed by atoms with Crippen LogP contribution in [0.25, 0.3) is 6.08 Å². The first-order valence-electron chi connectivity index (χ1n) is 9.33. The maximum Gasteiger partial charge on any atom is 0.335 e. The zero-order valence-electron chi connectivity index (χ0n) is 16.2. The lowest BCUT2D eigenvalue weighted by Gasteiger charge is -2.38. The Morgan fingerprint density at radius 1 is 1.26 bits per heavy atom. The van der Waals surface area contributed by atoms with Crippen molar-refractivity contribution >= 4 is 12.0 Å². The lowest BCUT2D eigenvalue weighted by molar-refractivity contribution is -0.0164. The highest BCUT2D eigenvalue weighted by Gasteiger charge is 2.34. The molecule has 1 fully saturated rings. The molecule has 0 unspecified atom stereocenters. The Morgan fingerprint density at radius 3 is 2.52 bits per heavy atom. The predicted octanol–water partition coefficient (Wildman–Crippen LogP) is 4.96. The molecular formula is C23H29NO3. The molecule has 1 heterocycles. The summed E-state index contributed by atoms with van der Waals surface area (Å²) in [7, 11) is 0. The van der Waals surface area contributed by atoms with Crippen LogP contribution in [-0.2, 0) is 4.74 Å². The van der Waals surface area contributed by atoms with Crippen LogP contribution in [0.5, 0.6) is 0 Å². The summed E-state index contributed by atoms with van der Waals surface area (Å²) in [6.45, 7) is 9.96. The second-order valence-electron chi connectivity index (χ2n) is 6.98. The lowest BCUT2D eigenvalue weighted by Crippen LogP contribution is -2.44. The van der Waals surface area contributed by atoms with Crippen LogP contribution >= 0.6 is 0 Å². The summed E-state index contributed by atoms with van der Waals surface area (Å²) < 4.78 is 6.31. The van der Waals surface area contributed by atoms with E-state index in [-0.39, 0.29) is 5.60 Å². The van der Waals surface area contributed by atoms with Gasteiger partial charge in [0.05, 0.1) is 5.56 Å². The maximum atomic E-state index is 11.0. The van der Waals surface area contributed by atoms with Crippen LogP contribution in [0.4, 0.5) is 0 Å². The van der Waals surface area contributed by atoms with E-state index < -0.39 is 5.97 Å². The molecule has 27 heavy (non-hydrogen) atoms. The first-order chi connectivity index (χ1) is 12.9. The third-order valence-corrected chi connectivity index (χ3v) is 4.62. The van der Waals surface area contributed by atoms with Gasteiger partial charge in [0.1, 0.15) is 11.4 Å². The van der Waals surface area contributed by atoms with E-state index >= 15 is 0 Å².